The Morgan fingerprint density at radius 3 is 2.56 bits per heavy atom. The lowest BCUT2D eigenvalue weighted by Gasteiger charge is -2.32. The number of hydrogen-bond donors (Lipinski definition) is 1. The molecule has 9 nitrogen and oxygen atoms in total. The van der Waals surface area contributed by atoms with Gasteiger partial charge < -0.3 is 14.8 Å². The Bertz CT molecular complexity index is 1820. The van der Waals surface area contributed by atoms with Gasteiger partial charge in [-0.3, -0.25) is 4.79 Å². The Kier molecular flexibility index (Phi) is 5.52. The van der Waals surface area contributed by atoms with Crippen molar-refractivity contribution in [3.63, 3.8) is 0 Å². The van der Waals surface area contributed by atoms with Crippen LogP contribution in [-0.2, 0) is 19.0 Å². The molecule has 196 valence electrons. The molecule has 1 saturated carbocycles. The van der Waals surface area contributed by atoms with Gasteiger partial charge in [0, 0.05) is 43.6 Å². The number of halogens is 2. The van der Waals surface area contributed by atoms with E-state index in [1.54, 1.807) is 29.1 Å². The summed E-state index contributed by atoms with van der Waals surface area (Å²) in [6.45, 7) is 2.02. The lowest BCUT2D eigenvalue weighted by atomic mass is 9.87. The highest BCUT2D eigenvalue weighted by atomic mass is 35.5. The fourth-order valence-corrected chi connectivity index (χ4v) is 6.17. The van der Waals surface area contributed by atoms with Gasteiger partial charge in [0.15, 0.2) is 0 Å². The first-order chi connectivity index (χ1) is 18.8. The Morgan fingerprint density at radius 1 is 1.05 bits per heavy atom. The van der Waals surface area contributed by atoms with Crippen LogP contribution < -0.4 is 10.9 Å². The van der Waals surface area contributed by atoms with E-state index >= 15 is 0 Å². The standard InChI is InChI=1S/C28H24Cl2N8O/c1-36-12-16-10-17(6-7-19(16)28(14-36)8-9-28)33-27-31-11-18-23(34-27)24(22-13-37(2)15-32-22)35-38(26(18)39)25-20(29)4-3-5-21(25)30/h3-7,10-11,13,15H,8-9,12,14H2,1-2H3,(H,31,33,34). The molecule has 3 aromatic heterocycles. The third-order valence-electron chi connectivity index (χ3n) is 7.53. The minimum Gasteiger partial charge on any atom is -0.340 e. The first-order valence-corrected chi connectivity index (χ1v) is 13.4. The van der Waals surface area contributed by atoms with Gasteiger partial charge in [0.2, 0.25) is 5.95 Å². The number of likely N-dealkylation sites (N-methyl/N-ethyl adjacent to an activating group) is 1. The van der Waals surface area contributed by atoms with Gasteiger partial charge in [-0.05, 0) is 55.3 Å². The molecule has 5 aromatic rings. The van der Waals surface area contributed by atoms with Crippen molar-refractivity contribution in [2.75, 3.05) is 18.9 Å². The first-order valence-electron chi connectivity index (χ1n) is 12.6. The third kappa shape index (κ3) is 4.09. The van der Waals surface area contributed by atoms with Gasteiger partial charge in [-0.15, -0.1) is 0 Å². The average Bonchev–Trinajstić information content (AvgIpc) is 3.52. The summed E-state index contributed by atoms with van der Waals surface area (Å²) in [5.74, 6) is 0.361. The lowest BCUT2D eigenvalue weighted by molar-refractivity contribution is 0.271. The quantitative estimate of drug-likeness (QED) is 0.327. The lowest BCUT2D eigenvalue weighted by Crippen LogP contribution is -2.35. The van der Waals surface area contributed by atoms with Crippen molar-refractivity contribution in [3.8, 4) is 17.1 Å². The summed E-state index contributed by atoms with van der Waals surface area (Å²) in [5.41, 5.74) is 5.18. The molecular formula is C28H24Cl2N8O. The van der Waals surface area contributed by atoms with E-state index in [9.17, 15) is 4.79 Å². The zero-order chi connectivity index (χ0) is 26.9. The maximum absolute atomic E-state index is 13.6. The van der Waals surface area contributed by atoms with E-state index in [-0.39, 0.29) is 5.39 Å². The van der Waals surface area contributed by atoms with Gasteiger partial charge >= 0.3 is 0 Å². The molecule has 0 saturated heterocycles. The van der Waals surface area contributed by atoms with Crippen LogP contribution in [0.1, 0.15) is 24.0 Å². The molecule has 1 aliphatic carbocycles. The number of imidazole rings is 1. The molecular weight excluding hydrogens is 535 g/mol. The summed E-state index contributed by atoms with van der Waals surface area (Å²) < 4.78 is 3.00. The molecule has 0 amide bonds. The second kappa shape index (κ2) is 8.87. The minimum absolute atomic E-state index is 0.273. The molecule has 4 heterocycles. The number of aryl methyl sites for hydroxylation is 1. The van der Waals surface area contributed by atoms with Crippen LogP contribution in [-0.4, -0.2) is 47.8 Å². The van der Waals surface area contributed by atoms with Crippen molar-refractivity contribution in [2.24, 2.45) is 7.05 Å². The number of nitrogens with zero attached hydrogens (tertiary/aromatic N) is 7. The normalized spacial score (nSPS) is 16.0. The van der Waals surface area contributed by atoms with Crippen LogP contribution in [0, 0.1) is 0 Å². The molecule has 0 atom stereocenters. The van der Waals surface area contributed by atoms with E-state index in [1.807, 2.05) is 13.2 Å². The topological polar surface area (TPSA) is 93.8 Å². The fourth-order valence-electron chi connectivity index (χ4n) is 5.61. The zero-order valence-corrected chi connectivity index (χ0v) is 22.8. The summed E-state index contributed by atoms with van der Waals surface area (Å²) in [6, 6.07) is 11.5. The third-order valence-corrected chi connectivity index (χ3v) is 8.14. The van der Waals surface area contributed by atoms with E-state index in [4.69, 9.17) is 28.2 Å². The zero-order valence-electron chi connectivity index (χ0n) is 21.3. The van der Waals surface area contributed by atoms with Crippen LogP contribution in [0.15, 0.2) is 59.9 Å². The summed E-state index contributed by atoms with van der Waals surface area (Å²) >= 11 is 12.9. The van der Waals surface area contributed by atoms with Crippen molar-refractivity contribution >= 4 is 45.7 Å². The molecule has 2 aliphatic rings. The molecule has 2 aromatic carbocycles. The molecule has 0 unspecified atom stereocenters. The van der Waals surface area contributed by atoms with E-state index in [1.165, 1.54) is 34.8 Å². The number of benzene rings is 2. The van der Waals surface area contributed by atoms with Crippen LogP contribution in [0.3, 0.4) is 0 Å². The molecule has 1 spiro atoms. The number of para-hydroxylation sites is 1. The molecule has 39 heavy (non-hydrogen) atoms. The molecule has 11 heteroatoms. The van der Waals surface area contributed by atoms with Gasteiger partial charge in [0.25, 0.3) is 5.56 Å². The largest absolute Gasteiger partial charge is 0.340 e. The predicted molar refractivity (Wildman–Crippen MR) is 152 cm³/mol. The molecule has 1 N–H and O–H groups in total. The van der Waals surface area contributed by atoms with Gasteiger partial charge in [-0.2, -0.15) is 9.78 Å². The Balaban J connectivity index is 1.35. The monoisotopic (exact) mass is 558 g/mol. The maximum atomic E-state index is 13.6. The second-order valence-electron chi connectivity index (χ2n) is 10.5. The number of anilines is 2. The Hall–Kier alpha value is -3.79. The molecule has 1 fully saturated rings. The second-order valence-corrected chi connectivity index (χ2v) is 11.3. The molecule has 0 bridgehead atoms. The summed E-state index contributed by atoms with van der Waals surface area (Å²) in [7, 11) is 4.03. The highest BCUT2D eigenvalue weighted by molar-refractivity contribution is 6.37. The van der Waals surface area contributed by atoms with Crippen LogP contribution in [0.4, 0.5) is 11.6 Å². The number of fused-ring (bicyclic) bond motifs is 3. The fraction of sp³-hybridized carbons (Fsp3) is 0.250. The maximum Gasteiger partial charge on any atom is 0.282 e. The van der Waals surface area contributed by atoms with E-state index in [2.05, 4.69) is 50.5 Å². The van der Waals surface area contributed by atoms with Crippen molar-refractivity contribution < 1.29 is 0 Å². The van der Waals surface area contributed by atoms with Crippen molar-refractivity contribution in [3.05, 3.63) is 86.6 Å². The molecule has 7 rings (SSSR count). The Labute approximate surface area is 234 Å². The summed E-state index contributed by atoms with van der Waals surface area (Å²) in [4.78, 5) is 29.7. The number of rotatable bonds is 4. The Morgan fingerprint density at radius 2 is 1.85 bits per heavy atom. The average molecular weight is 559 g/mol. The number of hydrogen-bond acceptors (Lipinski definition) is 7. The number of nitrogens with one attached hydrogen (secondary N) is 1. The van der Waals surface area contributed by atoms with Crippen LogP contribution in [0.5, 0.6) is 0 Å². The van der Waals surface area contributed by atoms with Gasteiger partial charge in [-0.1, -0.05) is 35.3 Å². The van der Waals surface area contributed by atoms with Crippen LogP contribution in [0.25, 0.3) is 28.0 Å². The SMILES string of the molecule is CN1Cc2cc(Nc3ncc4c(=O)n(-c5c(Cl)cccc5Cl)nc(-c5cn(C)cn5)c4n3)ccc2C2(CC2)C1. The van der Waals surface area contributed by atoms with Crippen LogP contribution >= 0.6 is 23.2 Å². The van der Waals surface area contributed by atoms with E-state index in [0.717, 1.165) is 18.8 Å². The minimum atomic E-state index is -0.433. The van der Waals surface area contributed by atoms with Crippen molar-refractivity contribution in [1.82, 2.24) is 34.2 Å². The number of aromatic nitrogens is 6. The van der Waals surface area contributed by atoms with Crippen molar-refractivity contribution in [2.45, 2.75) is 24.8 Å². The molecule has 1 aliphatic heterocycles. The molecule has 0 radical (unpaired) electrons. The summed E-state index contributed by atoms with van der Waals surface area (Å²) in [6.07, 6.45) is 7.47. The van der Waals surface area contributed by atoms with Gasteiger partial charge in [-0.25, -0.2) is 15.0 Å². The van der Waals surface area contributed by atoms with E-state index in [0.29, 0.717) is 44.0 Å². The van der Waals surface area contributed by atoms with Crippen molar-refractivity contribution in [1.29, 1.82) is 0 Å². The van der Waals surface area contributed by atoms with Crippen LogP contribution in [0.2, 0.25) is 10.0 Å². The highest BCUT2D eigenvalue weighted by Crippen LogP contribution is 2.52. The van der Waals surface area contributed by atoms with Gasteiger partial charge in [0.05, 0.1) is 21.8 Å². The van der Waals surface area contributed by atoms with E-state index < -0.39 is 5.56 Å². The predicted octanol–water partition coefficient (Wildman–Crippen LogP) is 5.10. The summed E-state index contributed by atoms with van der Waals surface area (Å²) in [5, 5.41) is 8.85. The van der Waals surface area contributed by atoms with Gasteiger partial charge in [0.1, 0.15) is 22.6 Å². The highest BCUT2D eigenvalue weighted by Gasteiger charge is 2.48. The first kappa shape index (κ1) is 24.3. The smallest absolute Gasteiger partial charge is 0.282 e.